The molecule has 0 aliphatic carbocycles. The van der Waals surface area contributed by atoms with E-state index in [0.29, 0.717) is 6.42 Å². The van der Waals surface area contributed by atoms with Crippen molar-refractivity contribution in [3.8, 4) is 6.07 Å². The van der Waals surface area contributed by atoms with Crippen molar-refractivity contribution < 1.29 is 6.85 Å². The van der Waals surface area contributed by atoms with Crippen molar-refractivity contribution in [1.29, 1.82) is 5.26 Å². The van der Waals surface area contributed by atoms with E-state index < -0.39 is 13.2 Å². The lowest BCUT2D eigenvalue weighted by Crippen LogP contribution is -1.96. The van der Waals surface area contributed by atoms with Gasteiger partial charge in [0.25, 0.3) is 0 Å². The number of hydrogen-bond donors (Lipinski definition) is 0. The molecule has 1 atom stereocenters. The van der Waals surface area contributed by atoms with Gasteiger partial charge in [-0.3, -0.25) is 0 Å². The first kappa shape index (κ1) is 4.50. The molecule has 1 heteroatoms. The molecule has 0 spiro atoms. The van der Waals surface area contributed by atoms with E-state index in [1.54, 1.807) is 0 Å². The summed E-state index contributed by atoms with van der Waals surface area (Å²) in [7, 11) is 0. The second-order valence-corrected chi connectivity index (χ2v) is 2.68. The first-order valence-electron chi connectivity index (χ1n) is 6.64. The summed E-state index contributed by atoms with van der Waals surface area (Å²) in [6.07, 6.45) is 0.699. The number of nitriles is 1. The minimum absolute atomic E-state index is 0.0779. The molecule has 1 unspecified atom stereocenters. The van der Waals surface area contributed by atoms with Gasteiger partial charge >= 0.3 is 0 Å². The van der Waals surface area contributed by atoms with Crippen molar-refractivity contribution in [2.75, 3.05) is 0 Å². The fourth-order valence-corrected chi connectivity index (χ4v) is 0.970. The highest BCUT2D eigenvalue weighted by molar-refractivity contribution is 4.81. The summed E-state index contributed by atoms with van der Waals surface area (Å²) in [6.45, 7) is -0.575. The maximum atomic E-state index is 8.84. The molecule has 0 aromatic rings. The third-order valence-corrected chi connectivity index (χ3v) is 1.71. The van der Waals surface area contributed by atoms with Crippen LogP contribution in [0, 0.1) is 17.2 Å². The van der Waals surface area contributed by atoms with Crippen molar-refractivity contribution in [1.82, 2.24) is 0 Å². The maximum absolute atomic E-state index is 8.84. The van der Waals surface area contributed by atoms with E-state index in [4.69, 9.17) is 12.1 Å². The Balaban J connectivity index is 4.17. The van der Waals surface area contributed by atoms with Crippen molar-refractivity contribution in [2.45, 2.75) is 52.3 Å². The van der Waals surface area contributed by atoms with Gasteiger partial charge in [0, 0.05) is 12.8 Å². The Kier molecular flexibility index (Phi) is 3.11. The third-order valence-electron chi connectivity index (χ3n) is 1.71. The number of rotatable bonds is 6. The summed E-state index contributed by atoms with van der Waals surface area (Å²) in [5.41, 5.74) is 0. The fourth-order valence-electron chi connectivity index (χ4n) is 0.970. The van der Waals surface area contributed by atoms with Gasteiger partial charge in [-0.15, -0.1) is 0 Å². The lowest BCUT2D eigenvalue weighted by atomic mass is 9.98. The van der Waals surface area contributed by atoms with Crippen molar-refractivity contribution in [3.05, 3.63) is 0 Å². The molecule has 1 nitrogen and oxygen atoms in total. The van der Waals surface area contributed by atoms with Crippen LogP contribution in [0.2, 0.25) is 0 Å². The van der Waals surface area contributed by atoms with Gasteiger partial charge in [-0.2, -0.15) is 5.26 Å². The molecule has 0 heterocycles. The summed E-state index contributed by atoms with van der Waals surface area (Å²) in [5.74, 6) is -0.225. The monoisotopic (exact) mass is 158 g/mol. The zero-order chi connectivity index (χ0) is 12.8. The van der Waals surface area contributed by atoms with Gasteiger partial charge in [0.2, 0.25) is 0 Å². The van der Waals surface area contributed by atoms with Crippen molar-refractivity contribution >= 4 is 0 Å². The highest BCUT2D eigenvalue weighted by atomic mass is 14.3. The molecule has 0 saturated carbocycles. The first-order chi connectivity index (χ1) is 7.24. The second kappa shape index (κ2) is 7.60. The SMILES string of the molecule is [2H]C([2H])([2H])C([2H])([2H])CCC(C#N)CCCC. The molecule has 0 N–H and O–H groups in total. The highest BCUT2D eigenvalue weighted by Gasteiger charge is 2.04. The molecule has 11 heavy (non-hydrogen) atoms. The number of nitrogens with zero attached hydrogens (tertiary/aromatic N) is 1. The lowest BCUT2D eigenvalue weighted by molar-refractivity contribution is 0.506. The molecule has 0 rings (SSSR count). The Labute approximate surface area is 77.4 Å². The van der Waals surface area contributed by atoms with Crippen molar-refractivity contribution in [3.63, 3.8) is 0 Å². The Morgan fingerprint density at radius 2 is 2.27 bits per heavy atom. The minimum Gasteiger partial charge on any atom is -0.198 e. The maximum Gasteiger partial charge on any atom is 0.0655 e. The first-order valence-corrected chi connectivity index (χ1v) is 4.14. The van der Waals surface area contributed by atoms with Gasteiger partial charge in [-0.25, -0.2) is 0 Å². The predicted molar refractivity (Wildman–Crippen MR) is 48.2 cm³/mol. The minimum atomic E-state index is -2.60. The molecule has 0 bridgehead atoms. The number of hydrogen-bond acceptors (Lipinski definition) is 1. The Morgan fingerprint density at radius 1 is 1.55 bits per heavy atom. The second-order valence-electron chi connectivity index (χ2n) is 2.68. The summed E-state index contributed by atoms with van der Waals surface area (Å²) >= 11 is 0. The zero-order valence-corrected chi connectivity index (χ0v) is 7.06. The van der Waals surface area contributed by atoms with Crippen LogP contribution in [0.5, 0.6) is 0 Å². The number of unbranched alkanes of at least 4 members (excludes halogenated alkanes) is 1. The van der Waals surface area contributed by atoms with Crippen LogP contribution in [0.4, 0.5) is 0 Å². The van der Waals surface area contributed by atoms with Gasteiger partial charge < -0.3 is 0 Å². The Hall–Kier alpha value is -0.510. The summed E-state index contributed by atoms with van der Waals surface area (Å²) in [5, 5.41) is 8.84. The van der Waals surface area contributed by atoms with Crippen LogP contribution in [-0.4, -0.2) is 0 Å². The van der Waals surface area contributed by atoms with E-state index in [1.165, 1.54) is 0 Å². The molecule has 0 aromatic carbocycles. The van der Waals surface area contributed by atoms with E-state index in [0.717, 1.165) is 19.3 Å². The van der Waals surface area contributed by atoms with Gasteiger partial charge in [0.15, 0.2) is 0 Å². The van der Waals surface area contributed by atoms with E-state index in [1.807, 2.05) is 6.92 Å². The van der Waals surface area contributed by atoms with Gasteiger partial charge in [0.05, 0.1) is 6.07 Å². The van der Waals surface area contributed by atoms with Crippen LogP contribution in [0.25, 0.3) is 0 Å². The third kappa shape index (κ3) is 5.91. The van der Waals surface area contributed by atoms with E-state index >= 15 is 0 Å². The van der Waals surface area contributed by atoms with E-state index in [2.05, 4.69) is 6.07 Å². The predicted octanol–water partition coefficient (Wildman–Crippen LogP) is 3.51. The molecule has 0 aromatic heterocycles. The largest absolute Gasteiger partial charge is 0.198 e. The van der Waals surface area contributed by atoms with Crippen LogP contribution < -0.4 is 0 Å². The molecule has 0 aliphatic rings. The summed E-state index contributed by atoms with van der Waals surface area (Å²) < 4.78 is 36.0. The van der Waals surface area contributed by atoms with Gasteiger partial charge in [-0.05, 0) is 12.8 Å². The summed E-state index contributed by atoms with van der Waals surface area (Å²) in [6, 6.07) is 2.11. The smallest absolute Gasteiger partial charge is 0.0655 e. The standard InChI is InChI=1S/C10H19N/c1-3-5-7-10(9-11)8-6-4-2/h10H,3-8H2,1-2H3/i1D3,3D2. The molecule has 0 amide bonds. The van der Waals surface area contributed by atoms with Crippen LogP contribution in [0.15, 0.2) is 0 Å². The molecule has 0 radical (unpaired) electrons. The molecular weight excluding hydrogens is 134 g/mol. The molecular formula is C10H19N. The average Bonchev–Trinajstić information content (AvgIpc) is 2.16. The fraction of sp³-hybridized carbons (Fsp3) is 0.900. The Morgan fingerprint density at radius 3 is 2.82 bits per heavy atom. The average molecular weight is 158 g/mol. The molecule has 0 fully saturated rings. The Bertz CT molecular complexity index is 241. The van der Waals surface area contributed by atoms with Gasteiger partial charge in [-0.1, -0.05) is 39.4 Å². The van der Waals surface area contributed by atoms with Gasteiger partial charge in [0.1, 0.15) is 0 Å². The molecule has 64 valence electrons. The van der Waals surface area contributed by atoms with E-state index in [-0.39, 0.29) is 12.3 Å². The zero-order valence-electron chi connectivity index (χ0n) is 12.1. The normalized spacial score (nSPS) is 21.6. The lowest BCUT2D eigenvalue weighted by Gasteiger charge is -2.05. The van der Waals surface area contributed by atoms with Crippen LogP contribution in [0.1, 0.15) is 59.1 Å². The topological polar surface area (TPSA) is 23.8 Å². The van der Waals surface area contributed by atoms with Crippen LogP contribution >= 0.6 is 0 Å². The molecule has 0 aliphatic heterocycles. The summed E-state index contributed by atoms with van der Waals surface area (Å²) in [4.78, 5) is 0. The quantitative estimate of drug-likeness (QED) is 0.580. The van der Waals surface area contributed by atoms with Crippen LogP contribution in [0.3, 0.4) is 0 Å². The highest BCUT2D eigenvalue weighted by Crippen LogP contribution is 2.14. The molecule has 0 saturated heterocycles. The van der Waals surface area contributed by atoms with Crippen molar-refractivity contribution in [2.24, 2.45) is 5.92 Å². The van der Waals surface area contributed by atoms with E-state index in [9.17, 15) is 0 Å². The van der Waals surface area contributed by atoms with Crippen LogP contribution in [-0.2, 0) is 0 Å².